The molecule has 0 amide bonds. The SMILES string of the molecule is COC(=O)c1sc(NC(=S)NCCc2ccc(Cl)cc2)c(C(=O)OC)c1C. The second kappa shape index (κ2) is 9.68. The van der Waals surface area contributed by atoms with Crippen LogP contribution in [0, 0.1) is 6.92 Å². The summed E-state index contributed by atoms with van der Waals surface area (Å²) in [7, 11) is 2.57. The Balaban J connectivity index is 2.06. The normalized spacial score (nSPS) is 10.2. The first-order valence-corrected chi connectivity index (χ1v) is 9.57. The molecule has 0 radical (unpaired) electrons. The molecule has 1 aromatic heterocycles. The number of carbonyl (C=O) groups is 2. The molecule has 0 spiro atoms. The van der Waals surface area contributed by atoms with Crippen LogP contribution in [0.4, 0.5) is 5.00 Å². The molecule has 0 atom stereocenters. The fraction of sp³-hybridized carbons (Fsp3) is 0.278. The van der Waals surface area contributed by atoms with Crippen LogP contribution in [0.5, 0.6) is 0 Å². The zero-order valence-corrected chi connectivity index (χ0v) is 17.4. The highest BCUT2D eigenvalue weighted by Gasteiger charge is 2.26. The quantitative estimate of drug-likeness (QED) is 0.537. The molecule has 2 rings (SSSR count). The van der Waals surface area contributed by atoms with Crippen molar-refractivity contribution in [1.29, 1.82) is 0 Å². The number of methoxy groups -OCH3 is 2. The van der Waals surface area contributed by atoms with Gasteiger partial charge in [0.1, 0.15) is 9.88 Å². The largest absolute Gasteiger partial charge is 0.465 e. The molecule has 6 nitrogen and oxygen atoms in total. The van der Waals surface area contributed by atoms with Gasteiger partial charge in [0, 0.05) is 11.6 Å². The van der Waals surface area contributed by atoms with E-state index in [9.17, 15) is 9.59 Å². The molecule has 0 unspecified atom stereocenters. The number of anilines is 1. The van der Waals surface area contributed by atoms with E-state index < -0.39 is 11.9 Å². The fourth-order valence-electron chi connectivity index (χ4n) is 2.36. The first kappa shape index (κ1) is 21.1. The first-order chi connectivity index (χ1) is 12.9. The Morgan fingerprint density at radius 3 is 2.37 bits per heavy atom. The molecule has 1 heterocycles. The molecule has 144 valence electrons. The predicted octanol–water partition coefficient (Wildman–Crippen LogP) is 3.81. The number of nitrogens with one attached hydrogen (secondary N) is 2. The van der Waals surface area contributed by atoms with Crippen molar-refractivity contribution in [3.8, 4) is 0 Å². The summed E-state index contributed by atoms with van der Waals surface area (Å²) in [4.78, 5) is 24.3. The Labute approximate surface area is 171 Å². The van der Waals surface area contributed by atoms with Crippen LogP contribution < -0.4 is 10.6 Å². The highest BCUT2D eigenvalue weighted by Crippen LogP contribution is 2.34. The van der Waals surface area contributed by atoms with Crippen LogP contribution in [0.2, 0.25) is 5.02 Å². The molecule has 2 aromatic rings. The molecule has 0 aliphatic rings. The highest BCUT2D eigenvalue weighted by atomic mass is 35.5. The Morgan fingerprint density at radius 2 is 1.78 bits per heavy atom. The maximum atomic E-state index is 12.1. The number of halogens is 1. The lowest BCUT2D eigenvalue weighted by Crippen LogP contribution is -2.30. The number of ether oxygens (including phenoxy) is 2. The van der Waals surface area contributed by atoms with Gasteiger partial charge in [-0.3, -0.25) is 0 Å². The van der Waals surface area contributed by atoms with Gasteiger partial charge in [0.25, 0.3) is 0 Å². The van der Waals surface area contributed by atoms with Gasteiger partial charge in [-0.2, -0.15) is 0 Å². The van der Waals surface area contributed by atoms with Crippen molar-refractivity contribution in [2.45, 2.75) is 13.3 Å². The summed E-state index contributed by atoms with van der Waals surface area (Å²) in [6.45, 7) is 2.26. The fourth-order valence-corrected chi connectivity index (χ4v) is 3.87. The number of esters is 2. The molecule has 0 aliphatic carbocycles. The monoisotopic (exact) mass is 426 g/mol. The van der Waals surface area contributed by atoms with E-state index in [2.05, 4.69) is 10.6 Å². The molecular weight excluding hydrogens is 408 g/mol. The number of hydrogen-bond acceptors (Lipinski definition) is 6. The average Bonchev–Trinajstić information content (AvgIpc) is 2.98. The molecule has 0 saturated carbocycles. The number of thiocarbonyl (C=S) groups is 1. The van der Waals surface area contributed by atoms with Gasteiger partial charge in [0.15, 0.2) is 5.11 Å². The molecule has 27 heavy (non-hydrogen) atoms. The summed E-state index contributed by atoms with van der Waals surface area (Å²) in [5.74, 6) is -1.07. The van der Waals surface area contributed by atoms with Crippen LogP contribution in [0.25, 0.3) is 0 Å². The van der Waals surface area contributed by atoms with Crippen molar-refractivity contribution in [2.75, 3.05) is 26.1 Å². The summed E-state index contributed by atoms with van der Waals surface area (Å²) in [6.07, 6.45) is 0.750. The molecule has 0 saturated heterocycles. The Hall–Kier alpha value is -2.16. The van der Waals surface area contributed by atoms with E-state index >= 15 is 0 Å². The van der Waals surface area contributed by atoms with Crippen molar-refractivity contribution < 1.29 is 19.1 Å². The maximum Gasteiger partial charge on any atom is 0.348 e. The third-order valence-electron chi connectivity index (χ3n) is 3.75. The zero-order valence-electron chi connectivity index (χ0n) is 15.1. The standard InChI is InChI=1S/C18H19ClN2O4S2/c1-10-13(16(22)24-2)15(27-14(10)17(23)25-3)21-18(26)20-9-8-11-4-6-12(19)7-5-11/h4-7H,8-9H2,1-3H3,(H2,20,21,26). The van der Waals surface area contributed by atoms with Gasteiger partial charge >= 0.3 is 11.9 Å². The van der Waals surface area contributed by atoms with E-state index in [0.717, 1.165) is 23.3 Å². The summed E-state index contributed by atoms with van der Waals surface area (Å²) >= 11 is 12.3. The van der Waals surface area contributed by atoms with Crippen molar-refractivity contribution in [3.05, 3.63) is 50.9 Å². The minimum atomic E-state index is -0.551. The lowest BCUT2D eigenvalue weighted by Gasteiger charge is -2.10. The second-order valence-electron chi connectivity index (χ2n) is 5.50. The number of rotatable bonds is 6. The third kappa shape index (κ3) is 5.41. The van der Waals surface area contributed by atoms with E-state index in [-0.39, 0.29) is 5.56 Å². The first-order valence-electron chi connectivity index (χ1n) is 7.96. The minimum absolute atomic E-state index is 0.268. The van der Waals surface area contributed by atoms with Crippen molar-refractivity contribution in [2.24, 2.45) is 0 Å². The van der Waals surface area contributed by atoms with Gasteiger partial charge in [-0.1, -0.05) is 23.7 Å². The van der Waals surface area contributed by atoms with E-state index in [1.54, 1.807) is 6.92 Å². The summed E-state index contributed by atoms with van der Waals surface area (Å²) in [6, 6.07) is 7.56. The smallest absolute Gasteiger partial charge is 0.348 e. The highest BCUT2D eigenvalue weighted by molar-refractivity contribution is 7.80. The minimum Gasteiger partial charge on any atom is -0.465 e. The molecule has 2 N–H and O–H groups in total. The van der Waals surface area contributed by atoms with Crippen LogP contribution in [-0.4, -0.2) is 37.8 Å². The van der Waals surface area contributed by atoms with Crippen LogP contribution in [0.1, 0.15) is 31.2 Å². The van der Waals surface area contributed by atoms with Crippen LogP contribution in [0.15, 0.2) is 24.3 Å². The lowest BCUT2D eigenvalue weighted by atomic mass is 10.1. The van der Waals surface area contributed by atoms with E-state index in [0.29, 0.717) is 32.1 Å². The predicted molar refractivity (Wildman–Crippen MR) is 111 cm³/mol. The van der Waals surface area contributed by atoms with Crippen molar-refractivity contribution in [1.82, 2.24) is 5.32 Å². The zero-order chi connectivity index (χ0) is 20.0. The van der Waals surface area contributed by atoms with E-state index in [1.165, 1.54) is 14.2 Å². The van der Waals surface area contributed by atoms with Gasteiger partial charge in [-0.25, -0.2) is 9.59 Å². The number of benzene rings is 1. The van der Waals surface area contributed by atoms with Gasteiger partial charge in [0.2, 0.25) is 0 Å². The van der Waals surface area contributed by atoms with Gasteiger partial charge in [-0.05, 0) is 48.8 Å². The number of thiophene rings is 1. The van der Waals surface area contributed by atoms with Gasteiger partial charge in [0.05, 0.1) is 19.8 Å². The number of hydrogen-bond donors (Lipinski definition) is 2. The Kier molecular flexibility index (Phi) is 7.58. The van der Waals surface area contributed by atoms with Crippen molar-refractivity contribution in [3.63, 3.8) is 0 Å². The number of carbonyl (C=O) groups excluding carboxylic acids is 2. The average molecular weight is 427 g/mol. The van der Waals surface area contributed by atoms with E-state index in [1.807, 2.05) is 24.3 Å². The van der Waals surface area contributed by atoms with Gasteiger partial charge < -0.3 is 20.1 Å². The second-order valence-corrected chi connectivity index (χ2v) is 7.37. The van der Waals surface area contributed by atoms with Crippen LogP contribution in [0.3, 0.4) is 0 Å². The summed E-state index contributed by atoms with van der Waals surface area (Å²) in [5.41, 5.74) is 1.87. The van der Waals surface area contributed by atoms with E-state index in [4.69, 9.17) is 33.3 Å². The van der Waals surface area contributed by atoms with Crippen LogP contribution in [-0.2, 0) is 15.9 Å². The Bertz CT molecular complexity index is 850. The van der Waals surface area contributed by atoms with Crippen molar-refractivity contribution >= 4 is 57.2 Å². The van der Waals surface area contributed by atoms with Crippen LogP contribution >= 0.6 is 35.2 Å². The molecule has 0 aliphatic heterocycles. The maximum absolute atomic E-state index is 12.1. The molecular formula is C18H19ClN2O4S2. The molecule has 9 heteroatoms. The van der Waals surface area contributed by atoms with Gasteiger partial charge in [-0.15, -0.1) is 11.3 Å². The molecule has 0 bridgehead atoms. The summed E-state index contributed by atoms with van der Waals surface area (Å²) < 4.78 is 9.58. The summed E-state index contributed by atoms with van der Waals surface area (Å²) in [5, 5.41) is 7.51. The third-order valence-corrected chi connectivity index (χ3v) is 5.43. The molecule has 0 fully saturated rings. The molecule has 1 aromatic carbocycles. The topological polar surface area (TPSA) is 76.7 Å². The lowest BCUT2D eigenvalue weighted by molar-refractivity contribution is 0.0601. The Morgan fingerprint density at radius 1 is 1.15 bits per heavy atom.